The first-order valence-corrected chi connectivity index (χ1v) is 12.0. The summed E-state index contributed by atoms with van der Waals surface area (Å²) in [4.78, 5) is 2.73. The molecule has 3 aliphatic rings. The molecular weight excluding hydrogens is 384 g/mol. The Bertz CT molecular complexity index is 939. The minimum Gasteiger partial charge on any atom is -0.497 e. The Balaban J connectivity index is 1.39. The number of fused-ring (bicyclic) bond motifs is 2. The highest BCUT2D eigenvalue weighted by Crippen LogP contribution is 2.38. The summed E-state index contributed by atoms with van der Waals surface area (Å²) in [5.41, 5.74) is 6.05. The van der Waals surface area contributed by atoms with Gasteiger partial charge in [0, 0.05) is 23.8 Å². The number of ether oxygens (including phenoxy) is 1. The highest BCUT2D eigenvalue weighted by atomic mass is 16.5. The molecule has 164 valence electrons. The van der Waals surface area contributed by atoms with Gasteiger partial charge in [0.25, 0.3) is 0 Å². The fourth-order valence-electron chi connectivity index (χ4n) is 5.69. The summed E-state index contributed by atoms with van der Waals surface area (Å²) in [6.07, 6.45) is 11.4. The molecule has 0 saturated carbocycles. The van der Waals surface area contributed by atoms with Crippen molar-refractivity contribution in [1.82, 2.24) is 4.90 Å². The summed E-state index contributed by atoms with van der Waals surface area (Å²) < 4.78 is 5.31. The molecule has 2 fully saturated rings. The third kappa shape index (κ3) is 4.47. The smallest absolute Gasteiger partial charge is 0.121 e. The van der Waals surface area contributed by atoms with Gasteiger partial charge >= 0.3 is 0 Å². The number of benzene rings is 2. The van der Waals surface area contributed by atoms with E-state index < -0.39 is 0 Å². The van der Waals surface area contributed by atoms with Crippen LogP contribution >= 0.6 is 0 Å². The lowest BCUT2D eigenvalue weighted by Gasteiger charge is -2.45. The molecule has 0 amide bonds. The molecule has 2 heterocycles. The molecule has 0 bridgehead atoms. The van der Waals surface area contributed by atoms with Crippen molar-refractivity contribution in [3.8, 4) is 5.75 Å². The zero-order valence-corrected chi connectivity index (χ0v) is 18.6. The zero-order valence-electron chi connectivity index (χ0n) is 18.6. The van der Waals surface area contributed by atoms with E-state index in [1.807, 2.05) is 24.3 Å². The highest BCUT2D eigenvalue weighted by molar-refractivity contribution is 5.65. The van der Waals surface area contributed by atoms with Crippen molar-refractivity contribution in [2.45, 2.75) is 69.9 Å². The van der Waals surface area contributed by atoms with Gasteiger partial charge in [-0.05, 0) is 99.8 Å². The molecule has 0 aromatic heterocycles. The van der Waals surface area contributed by atoms with Gasteiger partial charge in [0.15, 0.2) is 0 Å². The fraction of sp³-hybridized carbons (Fsp3) is 0.538. The molecule has 5 heteroatoms. The molecule has 2 aromatic carbocycles. The molecule has 31 heavy (non-hydrogen) atoms. The van der Waals surface area contributed by atoms with Crippen molar-refractivity contribution >= 4 is 17.1 Å². The molecule has 0 unspecified atom stereocenters. The van der Waals surface area contributed by atoms with Gasteiger partial charge in [-0.3, -0.25) is 4.90 Å². The second-order valence-corrected chi connectivity index (χ2v) is 9.19. The molecule has 5 nitrogen and oxygen atoms in total. The monoisotopic (exact) mass is 418 g/mol. The number of methoxy groups -OCH3 is 1. The Morgan fingerprint density at radius 2 is 1.77 bits per heavy atom. The lowest BCUT2D eigenvalue weighted by Crippen LogP contribution is -2.53. The number of nitrogens with one attached hydrogen (secondary N) is 1. The molecule has 5 rings (SSSR count). The van der Waals surface area contributed by atoms with E-state index in [9.17, 15) is 0 Å². The number of azo groups is 1. The molecule has 0 spiro atoms. The molecule has 1 N–H and O–H groups in total. The van der Waals surface area contributed by atoms with E-state index in [1.54, 1.807) is 7.11 Å². The third-order valence-corrected chi connectivity index (χ3v) is 7.27. The summed E-state index contributed by atoms with van der Waals surface area (Å²) in [5.74, 6) is 0.808. The average molecular weight is 419 g/mol. The fourth-order valence-corrected chi connectivity index (χ4v) is 5.69. The first kappa shape index (κ1) is 20.5. The number of anilines is 1. The van der Waals surface area contributed by atoms with Crippen LogP contribution in [0.3, 0.4) is 0 Å². The maximum Gasteiger partial charge on any atom is 0.121 e. The van der Waals surface area contributed by atoms with Crippen LogP contribution in [0.1, 0.15) is 56.1 Å². The largest absolute Gasteiger partial charge is 0.497 e. The predicted molar refractivity (Wildman–Crippen MR) is 126 cm³/mol. The lowest BCUT2D eigenvalue weighted by atomic mass is 9.86. The van der Waals surface area contributed by atoms with Gasteiger partial charge in [-0.1, -0.05) is 12.5 Å². The van der Waals surface area contributed by atoms with E-state index >= 15 is 0 Å². The Kier molecular flexibility index (Phi) is 6.21. The lowest BCUT2D eigenvalue weighted by molar-refractivity contribution is 0.0977. The Labute approximate surface area is 185 Å². The number of rotatable bonds is 5. The van der Waals surface area contributed by atoms with Crippen molar-refractivity contribution in [3.05, 3.63) is 47.5 Å². The maximum absolute atomic E-state index is 5.31. The summed E-state index contributed by atoms with van der Waals surface area (Å²) in [6.45, 7) is 2.56. The molecule has 2 atom stereocenters. The maximum atomic E-state index is 5.31. The molecule has 2 aromatic rings. The second kappa shape index (κ2) is 9.39. The van der Waals surface area contributed by atoms with E-state index in [0.717, 1.165) is 30.0 Å². The molecule has 2 aliphatic heterocycles. The number of hydrogen-bond acceptors (Lipinski definition) is 5. The van der Waals surface area contributed by atoms with Gasteiger partial charge < -0.3 is 10.1 Å². The normalized spacial score (nSPS) is 23.9. The van der Waals surface area contributed by atoms with Crippen LogP contribution < -0.4 is 10.1 Å². The first-order chi connectivity index (χ1) is 15.3. The molecule has 1 aliphatic carbocycles. The van der Waals surface area contributed by atoms with Crippen LogP contribution in [0.5, 0.6) is 5.75 Å². The minimum atomic E-state index is 0.573. The molecule has 2 saturated heterocycles. The summed E-state index contributed by atoms with van der Waals surface area (Å²) in [6, 6.07) is 13.5. The average Bonchev–Trinajstić information content (AvgIpc) is 2.84. The minimum absolute atomic E-state index is 0.573. The SMILES string of the molecule is COc1cccc(N=Nc2ccc(N[C@@H]3CCCN4CCCC[C@H]34)c3c2CCCC3)c1. The molecular formula is C26H34N4O. The van der Waals surface area contributed by atoms with E-state index in [0.29, 0.717) is 12.1 Å². The van der Waals surface area contributed by atoms with Crippen molar-refractivity contribution in [2.24, 2.45) is 10.2 Å². The van der Waals surface area contributed by atoms with E-state index in [4.69, 9.17) is 4.74 Å². The third-order valence-electron chi connectivity index (χ3n) is 7.27. The van der Waals surface area contributed by atoms with Crippen molar-refractivity contribution in [1.29, 1.82) is 0 Å². The zero-order chi connectivity index (χ0) is 21.0. The number of hydrogen-bond donors (Lipinski definition) is 1. The quantitative estimate of drug-likeness (QED) is 0.570. The molecule has 0 radical (unpaired) electrons. The first-order valence-electron chi connectivity index (χ1n) is 12.0. The summed E-state index contributed by atoms with van der Waals surface area (Å²) in [7, 11) is 1.68. The van der Waals surface area contributed by atoms with Crippen molar-refractivity contribution in [2.75, 3.05) is 25.5 Å². The topological polar surface area (TPSA) is 49.2 Å². The van der Waals surface area contributed by atoms with Crippen molar-refractivity contribution in [3.63, 3.8) is 0 Å². The number of piperidine rings is 2. The summed E-state index contributed by atoms with van der Waals surface area (Å²) in [5, 5.41) is 13.2. The Morgan fingerprint density at radius 3 is 2.68 bits per heavy atom. The Hall–Kier alpha value is -2.40. The van der Waals surface area contributed by atoms with Crippen LogP contribution in [0.15, 0.2) is 46.6 Å². The van der Waals surface area contributed by atoms with E-state index in [-0.39, 0.29) is 0 Å². The highest BCUT2D eigenvalue weighted by Gasteiger charge is 2.33. The van der Waals surface area contributed by atoms with E-state index in [1.165, 1.54) is 74.8 Å². The Morgan fingerprint density at radius 1 is 0.903 bits per heavy atom. The summed E-state index contributed by atoms with van der Waals surface area (Å²) >= 11 is 0. The van der Waals surface area contributed by atoms with Crippen molar-refractivity contribution < 1.29 is 4.74 Å². The van der Waals surface area contributed by atoms with Gasteiger partial charge in [-0.15, -0.1) is 0 Å². The second-order valence-electron chi connectivity index (χ2n) is 9.19. The van der Waals surface area contributed by atoms with Crippen LogP contribution in [0.4, 0.5) is 17.1 Å². The number of nitrogens with zero attached hydrogens (tertiary/aromatic N) is 3. The van der Waals surface area contributed by atoms with Gasteiger partial charge in [-0.2, -0.15) is 10.2 Å². The van der Waals surface area contributed by atoms with Crippen LogP contribution in [-0.4, -0.2) is 37.2 Å². The van der Waals surface area contributed by atoms with Gasteiger partial charge in [0.2, 0.25) is 0 Å². The van der Waals surface area contributed by atoms with Gasteiger partial charge in [0.1, 0.15) is 5.75 Å². The standard InChI is InChI=1S/C26H34N4O/c1-31-20-9-6-8-19(18-20)28-29-24-15-14-23(21-10-2-3-11-22(21)24)27-25-12-7-17-30-16-5-4-13-26(25)30/h6,8-9,14-15,18,25-27H,2-5,7,10-13,16-17H2,1H3/t25-,26-/m1/s1. The van der Waals surface area contributed by atoms with Gasteiger partial charge in [-0.25, -0.2) is 0 Å². The van der Waals surface area contributed by atoms with E-state index in [2.05, 4.69) is 32.6 Å². The predicted octanol–water partition coefficient (Wildman–Crippen LogP) is 6.42. The van der Waals surface area contributed by atoms with Crippen LogP contribution in [0.25, 0.3) is 0 Å². The van der Waals surface area contributed by atoms with Crippen LogP contribution in [0.2, 0.25) is 0 Å². The van der Waals surface area contributed by atoms with Crippen LogP contribution in [0, 0.1) is 0 Å². The van der Waals surface area contributed by atoms with Gasteiger partial charge in [0.05, 0.1) is 18.5 Å². The van der Waals surface area contributed by atoms with Crippen LogP contribution in [-0.2, 0) is 12.8 Å².